The molecule has 0 aliphatic heterocycles. The van der Waals surface area contributed by atoms with Gasteiger partial charge in [-0.25, -0.2) is 0 Å². The van der Waals surface area contributed by atoms with Gasteiger partial charge >= 0.3 is 5.97 Å². The third-order valence-corrected chi connectivity index (χ3v) is 3.42. The molecule has 0 bridgehead atoms. The fraction of sp³-hybridized carbons (Fsp3) is 0.941. The number of ether oxygens (including phenoxy) is 1. The monoisotopic (exact) mass is 270 g/mol. The number of unbranched alkanes of at least 4 members (excludes halogenated alkanes) is 7. The fourth-order valence-electron chi connectivity index (χ4n) is 2.14. The van der Waals surface area contributed by atoms with E-state index in [1.165, 1.54) is 51.4 Å². The molecule has 0 unspecified atom stereocenters. The highest BCUT2D eigenvalue weighted by atomic mass is 16.5. The highest BCUT2D eigenvalue weighted by Crippen LogP contribution is 2.09. The molecule has 0 saturated heterocycles. The SMILES string of the molecule is CCCCCCCCCC(=O)OCCCCC(C)C. The van der Waals surface area contributed by atoms with Gasteiger partial charge in [-0.1, -0.05) is 65.7 Å². The predicted molar refractivity (Wildman–Crippen MR) is 82.3 cm³/mol. The normalized spacial score (nSPS) is 10.9. The van der Waals surface area contributed by atoms with Crippen LogP contribution in [0.25, 0.3) is 0 Å². The molecule has 0 atom stereocenters. The van der Waals surface area contributed by atoms with Crippen LogP contribution >= 0.6 is 0 Å². The Morgan fingerprint density at radius 3 is 2.16 bits per heavy atom. The Hall–Kier alpha value is -0.530. The molecule has 2 nitrogen and oxygen atoms in total. The Morgan fingerprint density at radius 1 is 0.895 bits per heavy atom. The lowest BCUT2D eigenvalue weighted by Gasteiger charge is -2.06. The van der Waals surface area contributed by atoms with Crippen LogP contribution in [0.1, 0.15) is 91.4 Å². The standard InChI is InChI=1S/C17H34O2/c1-4-5-6-7-8-9-10-14-17(18)19-15-12-11-13-16(2)3/h16H,4-15H2,1-3H3. The van der Waals surface area contributed by atoms with E-state index >= 15 is 0 Å². The maximum Gasteiger partial charge on any atom is 0.305 e. The van der Waals surface area contributed by atoms with Crippen LogP contribution in [-0.4, -0.2) is 12.6 Å². The Kier molecular flexibility index (Phi) is 13.5. The van der Waals surface area contributed by atoms with Gasteiger partial charge in [-0.15, -0.1) is 0 Å². The minimum Gasteiger partial charge on any atom is -0.466 e. The molecule has 0 aliphatic carbocycles. The molecule has 0 rings (SSSR count). The van der Waals surface area contributed by atoms with Crippen LogP contribution in [0.15, 0.2) is 0 Å². The second kappa shape index (κ2) is 13.9. The van der Waals surface area contributed by atoms with Gasteiger partial charge in [-0.3, -0.25) is 4.79 Å². The van der Waals surface area contributed by atoms with Crippen LogP contribution in [0.5, 0.6) is 0 Å². The number of hydrogen-bond acceptors (Lipinski definition) is 2. The van der Waals surface area contributed by atoms with E-state index in [1.54, 1.807) is 0 Å². The molecule has 0 radical (unpaired) electrons. The van der Waals surface area contributed by atoms with Crippen LogP contribution in [0.4, 0.5) is 0 Å². The van der Waals surface area contributed by atoms with Crippen molar-refractivity contribution in [3.8, 4) is 0 Å². The second-order valence-corrected chi connectivity index (χ2v) is 5.98. The van der Waals surface area contributed by atoms with Crippen molar-refractivity contribution < 1.29 is 9.53 Å². The Morgan fingerprint density at radius 2 is 1.53 bits per heavy atom. The third-order valence-electron chi connectivity index (χ3n) is 3.42. The minimum absolute atomic E-state index is 0.00175. The summed E-state index contributed by atoms with van der Waals surface area (Å²) in [6.07, 6.45) is 12.8. The quantitative estimate of drug-likeness (QED) is 0.326. The summed E-state index contributed by atoms with van der Waals surface area (Å²) in [5.41, 5.74) is 0. The second-order valence-electron chi connectivity index (χ2n) is 5.98. The zero-order valence-corrected chi connectivity index (χ0v) is 13.4. The molecule has 0 N–H and O–H groups in total. The zero-order chi connectivity index (χ0) is 14.3. The number of carbonyl (C=O) groups is 1. The average Bonchev–Trinajstić information content (AvgIpc) is 2.37. The molecule has 0 aliphatic rings. The van der Waals surface area contributed by atoms with E-state index in [9.17, 15) is 4.79 Å². The molecule has 0 saturated carbocycles. The molecule has 0 fully saturated rings. The molecule has 0 amide bonds. The summed E-state index contributed by atoms with van der Waals surface area (Å²) in [6, 6.07) is 0. The lowest BCUT2D eigenvalue weighted by Crippen LogP contribution is -2.05. The minimum atomic E-state index is -0.00175. The van der Waals surface area contributed by atoms with E-state index in [0.717, 1.165) is 18.8 Å². The van der Waals surface area contributed by atoms with Crippen LogP contribution in [0.3, 0.4) is 0 Å². The molecular formula is C17H34O2. The summed E-state index contributed by atoms with van der Waals surface area (Å²) in [7, 11) is 0. The van der Waals surface area contributed by atoms with E-state index in [-0.39, 0.29) is 5.97 Å². The van der Waals surface area contributed by atoms with Crippen molar-refractivity contribution in [2.45, 2.75) is 91.4 Å². The van der Waals surface area contributed by atoms with Gasteiger partial charge in [0.05, 0.1) is 6.61 Å². The summed E-state index contributed by atoms with van der Waals surface area (Å²) in [4.78, 5) is 11.5. The summed E-state index contributed by atoms with van der Waals surface area (Å²) in [6.45, 7) is 7.30. The maximum absolute atomic E-state index is 11.5. The van der Waals surface area contributed by atoms with Gasteiger partial charge in [-0.05, 0) is 25.2 Å². The molecule has 2 heteroatoms. The first-order valence-electron chi connectivity index (χ1n) is 8.32. The average molecular weight is 270 g/mol. The zero-order valence-electron chi connectivity index (χ0n) is 13.4. The highest BCUT2D eigenvalue weighted by Gasteiger charge is 2.02. The lowest BCUT2D eigenvalue weighted by atomic mass is 10.1. The van der Waals surface area contributed by atoms with Crippen LogP contribution in [0, 0.1) is 5.92 Å². The van der Waals surface area contributed by atoms with E-state index in [2.05, 4.69) is 20.8 Å². The van der Waals surface area contributed by atoms with Gasteiger partial charge in [-0.2, -0.15) is 0 Å². The van der Waals surface area contributed by atoms with Gasteiger partial charge in [0.1, 0.15) is 0 Å². The molecule has 0 aromatic rings. The summed E-state index contributed by atoms with van der Waals surface area (Å²) in [5, 5.41) is 0. The molecule has 0 aromatic heterocycles. The van der Waals surface area contributed by atoms with Crippen molar-refractivity contribution in [2.75, 3.05) is 6.61 Å². The Labute approximate surface area is 120 Å². The van der Waals surface area contributed by atoms with Gasteiger partial charge in [0.15, 0.2) is 0 Å². The summed E-state index contributed by atoms with van der Waals surface area (Å²) >= 11 is 0. The lowest BCUT2D eigenvalue weighted by molar-refractivity contribution is -0.143. The molecular weight excluding hydrogens is 236 g/mol. The first-order valence-corrected chi connectivity index (χ1v) is 8.32. The number of carbonyl (C=O) groups excluding carboxylic acids is 1. The molecule has 114 valence electrons. The number of hydrogen-bond donors (Lipinski definition) is 0. The van der Waals surface area contributed by atoms with Crippen molar-refractivity contribution in [2.24, 2.45) is 5.92 Å². The van der Waals surface area contributed by atoms with E-state index in [4.69, 9.17) is 4.74 Å². The first-order chi connectivity index (χ1) is 9.16. The van der Waals surface area contributed by atoms with Crippen molar-refractivity contribution in [1.82, 2.24) is 0 Å². The van der Waals surface area contributed by atoms with Crippen molar-refractivity contribution in [1.29, 1.82) is 0 Å². The van der Waals surface area contributed by atoms with Crippen LogP contribution < -0.4 is 0 Å². The van der Waals surface area contributed by atoms with Gasteiger partial charge in [0, 0.05) is 6.42 Å². The van der Waals surface area contributed by atoms with E-state index in [1.807, 2.05) is 0 Å². The summed E-state index contributed by atoms with van der Waals surface area (Å²) in [5.74, 6) is 0.751. The van der Waals surface area contributed by atoms with Gasteiger partial charge in [0.2, 0.25) is 0 Å². The topological polar surface area (TPSA) is 26.3 Å². The molecule has 19 heavy (non-hydrogen) atoms. The molecule has 0 spiro atoms. The van der Waals surface area contributed by atoms with E-state index in [0.29, 0.717) is 13.0 Å². The van der Waals surface area contributed by atoms with Gasteiger partial charge in [0.25, 0.3) is 0 Å². The Bertz CT molecular complexity index is 199. The summed E-state index contributed by atoms with van der Waals surface area (Å²) < 4.78 is 5.23. The molecule has 0 heterocycles. The number of esters is 1. The smallest absolute Gasteiger partial charge is 0.305 e. The van der Waals surface area contributed by atoms with Gasteiger partial charge < -0.3 is 4.74 Å². The Balaban J connectivity index is 3.17. The van der Waals surface area contributed by atoms with Crippen molar-refractivity contribution in [3.63, 3.8) is 0 Å². The molecule has 0 aromatic carbocycles. The first kappa shape index (κ1) is 18.5. The van der Waals surface area contributed by atoms with E-state index < -0.39 is 0 Å². The number of rotatable bonds is 13. The maximum atomic E-state index is 11.5. The van der Waals surface area contributed by atoms with Crippen molar-refractivity contribution in [3.05, 3.63) is 0 Å². The van der Waals surface area contributed by atoms with Crippen LogP contribution in [0.2, 0.25) is 0 Å². The highest BCUT2D eigenvalue weighted by molar-refractivity contribution is 5.69. The van der Waals surface area contributed by atoms with Crippen molar-refractivity contribution >= 4 is 5.97 Å². The largest absolute Gasteiger partial charge is 0.466 e. The predicted octanol–water partition coefficient (Wildman–Crippen LogP) is 5.50. The fourth-order valence-corrected chi connectivity index (χ4v) is 2.14. The van der Waals surface area contributed by atoms with Crippen LogP contribution in [-0.2, 0) is 9.53 Å². The third kappa shape index (κ3) is 15.4.